The first-order valence-corrected chi connectivity index (χ1v) is 6.24. The van der Waals surface area contributed by atoms with E-state index < -0.39 is 0 Å². The van der Waals surface area contributed by atoms with E-state index >= 15 is 0 Å². The van der Waals surface area contributed by atoms with Crippen LogP contribution in [0.25, 0.3) is 0 Å². The maximum absolute atomic E-state index is 9.03. The Bertz CT molecular complexity index is 316. The number of nitrogens with zero attached hydrogens (tertiary/aromatic N) is 1. The Balaban J connectivity index is 1.84. The third-order valence-electron chi connectivity index (χ3n) is 3.52. The lowest BCUT2D eigenvalue weighted by molar-refractivity contribution is 0.0244. The first kappa shape index (κ1) is 12.6. The number of rotatable bonds is 6. The van der Waals surface area contributed by atoms with Gasteiger partial charge in [-0.2, -0.15) is 0 Å². The van der Waals surface area contributed by atoms with E-state index in [2.05, 4.69) is 35.2 Å². The first-order chi connectivity index (χ1) is 8.35. The lowest BCUT2D eigenvalue weighted by Crippen LogP contribution is -2.52. The quantitative estimate of drug-likeness (QED) is 0.810. The minimum absolute atomic E-state index is 0.237. The van der Waals surface area contributed by atoms with E-state index in [4.69, 9.17) is 9.84 Å². The van der Waals surface area contributed by atoms with Crippen LogP contribution in [0, 0.1) is 0 Å². The minimum atomic E-state index is 0.237. The van der Waals surface area contributed by atoms with E-state index in [1.165, 1.54) is 5.56 Å². The molecule has 94 valence electrons. The third-order valence-corrected chi connectivity index (χ3v) is 3.52. The van der Waals surface area contributed by atoms with Gasteiger partial charge >= 0.3 is 0 Å². The summed E-state index contributed by atoms with van der Waals surface area (Å²) in [5.41, 5.74) is 1.42. The van der Waals surface area contributed by atoms with Gasteiger partial charge in [0.1, 0.15) is 0 Å². The van der Waals surface area contributed by atoms with Crippen molar-refractivity contribution in [2.75, 3.05) is 33.4 Å². The van der Waals surface area contributed by atoms with Crippen molar-refractivity contribution in [2.24, 2.45) is 0 Å². The molecule has 1 atom stereocenters. The molecule has 1 saturated heterocycles. The van der Waals surface area contributed by atoms with Gasteiger partial charge in [0.2, 0.25) is 0 Å². The maximum Gasteiger partial charge on any atom is 0.0618 e. The van der Waals surface area contributed by atoms with Crippen molar-refractivity contribution in [1.29, 1.82) is 0 Å². The molecule has 17 heavy (non-hydrogen) atoms. The Morgan fingerprint density at radius 2 is 2.06 bits per heavy atom. The van der Waals surface area contributed by atoms with Gasteiger partial charge in [0.25, 0.3) is 0 Å². The Kier molecular flexibility index (Phi) is 4.54. The predicted molar refractivity (Wildman–Crippen MR) is 68.1 cm³/mol. The minimum Gasteiger partial charge on any atom is -0.396 e. The normalized spacial score (nSPS) is 18.9. The monoisotopic (exact) mass is 235 g/mol. The Morgan fingerprint density at radius 3 is 2.65 bits per heavy atom. The molecule has 1 fully saturated rings. The number of aliphatic hydroxyl groups excluding tert-OH is 1. The Labute approximate surface area is 103 Å². The summed E-state index contributed by atoms with van der Waals surface area (Å²) >= 11 is 0. The molecular formula is C14H21NO2. The van der Waals surface area contributed by atoms with E-state index in [1.807, 2.05) is 0 Å². The van der Waals surface area contributed by atoms with Gasteiger partial charge in [-0.3, -0.25) is 4.90 Å². The van der Waals surface area contributed by atoms with Gasteiger partial charge in [0, 0.05) is 38.8 Å². The summed E-state index contributed by atoms with van der Waals surface area (Å²) in [6.45, 7) is 3.11. The fourth-order valence-corrected chi connectivity index (χ4v) is 2.46. The number of aliphatic hydroxyl groups is 1. The smallest absolute Gasteiger partial charge is 0.0618 e. The average Bonchev–Trinajstić information content (AvgIpc) is 2.29. The summed E-state index contributed by atoms with van der Waals surface area (Å²) in [7, 11) is 1.72. The standard InChI is InChI=1S/C14H21NO2/c1-17-11-14(7-8-16)15-9-13(10-15)12-5-3-2-4-6-12/h2-6,13-14,16H,7-11H2,1H3. The van der Waals surface area contributed by atoms with Crippen molar-refractivity contribution >= 4 is 0 Å². The van der Waals surface area contributed by atoms with Crippen LogP contribution in [0.5, 0.6) is 0 Å². The number of ether oxygens (including phenoxy) is 1. The van der Waals surface area contributed by atoms with E-state index in [-0.39, 0.29) is 6.61 Å². The van der Waals surface area contributed by atoms with Crippen LogP contribution < -0.4 is 0 Å². The summed E-state index contributed by atoms with van der Waals surface area (Å²) in [4.78, 5) is 2.40. The summed E-state index contributed by atoms with van der Waals surface area (Å²) in [6.07, 6.45) is 0.801. The molecule has 1 aliphatic rings. The molecule has 1 aliphatic heterocycles. The molecule has 0 bridgehead atoms. The number of methoxy groups -OCH3 is 1. The number of benzene rings is 1. The van der Waals surface area contributed by atoms with Crippen molar-refractivity contribution < 1.29 is 9.84 Å². The van der Waals surface area contributed by atoms with Gasteiger partial charge in [-0.1, -0.05) is 30.3 Å². The number of hydrogen-bond acceptors (Lipinski definition) is 3. The highest BCUT2D eigenvalue weighted by Crippen LogP contribution is 2.29. The van der Waals surface area contributed by atoms with Gasteiger partial charge in [-0.25, -0.2) is 0 Å². The zero-order valence-electron chi connectivity index (χ0n) is 10.4. The molecule has 1 heterocycles. The van der Waals surface area contributed by atoms with Crippen molar-refractivity contribution in [3.8, 4) is 0 Å². The maximum atomic E-state index is 9.03. The summed E-state index contributed by atoms with van der Waals surface area (Å²) in [5.74, 6) is 0.647. The molecule has 0 aliphatic carbocycles. The summed E-state index contributed by atoms with van der Waals surface area (Å²) in [5, 5.41) is 9.03. The van der Waals surface area contributed by atoms with Crippen LogP contribution in [0.1, 0.15) is 17.9 Å². The topological polar surface area (TPSA) is 32.7 Å². The first-order valence-electron chi connectivity index (χ1n) is 6.24. The molecule has 3 nitrogen and oxygen atoms in total. The van der Waals surface area contributed by atoms with E-state index in [1.54, 1.807) is 7.11 Å². The average molecular weight is 235 g/mol. The predicted octanol–water partition coefficient (Wildman–Crippen LogP) is 1.48. The lowest BCUT2D eigenvalue weighted by atomic mass is 9.89. The fourth-order valence-electron chi connectivity index (χ4n) is 2.46. The van der Waals surface area contributed by atoms with Crippen molar-refractivity contribution in [1.82, 2.24) is 4.90 Å². The molecule has 1 aromatic rings. The van der Waals surface area contributed by atoms with Crippen LogP contribution >= 0.6 is 0 Å². The zero-order chi connectivity index (χ0) is 12.1. The summed E-state index contributed by atoms with van der Waals surface area (Å²) in [6, 6.07) is 11.0. The van der Waals surface area contributed by atoms with Crippen LogP contribution in [0.2, 0.25) is 0 Å². The SMILES string of the molecule is COCC(CCO)N1CC(c2ccccc2)C1. The van der Waals surface area contributed by atoms with E-state index in [9.17, 15) is 0 Å². The molecule has 0 spiro atoms. The van der Waals surface area contributed by atoms with Crippen LogP contribution in [-0.2, 0) is 4.74 Å². The molecule has 1 N–H and O–H groups in total. The molecule has 0 saturated carbocycles. The third kappa shape index (κ3) is 3.06. The molecule has 0 aromatic heterocycles. The van der Waals surface area contributed by atoms with Gasteiger partial charge in [0.15, 0.2) is 0 Å². The van der Waals surface area contributed by atoms with Crippen molar-refractivity contribution in [3.05, 3.63) is 35.9 Å². The highest BCUT2D eigenvalue weighted by molar-refractivity contribution is 5.22. The van der Waals surface area contributed by atoms with Crippen molar-refractivity contribution in [2.45, 2.75) is 18.4 Å². The molecule has 2 rings (SSSR count). The summed E-state index contributed by atoms with van der Waals surface area (Å²) < 4.78 is 5.20. The molecule has 3 heteroatoms. The molecular weight excluding hydrogens is 214 g/mol. The second kappa shape index (κ2) is 6.15. The molecule has 1 unspecified atom stereocenters. The second-order valence-corrected chi connectivity index (χ2v) is 4.68. The molecule has 0 radical (unpaired) electrons. The van der Waals surface area contributed by atoms with Gasteiger partial charge in [-0.15, -0.1) is 0 Å². The van der Waals surface area contributed by atoms with E-state index in [0.29, 0.717) is 18.6 Å². The Hall–Kier alpha value is -0.900. The lowest BCUT2D eigenvalue weighted by Gasteiger charge is -2.44. The van der Waals surface area contributed by atoms with E-state index in [0.717, 1.165) is 19.5 Å². The zero-order valence-corrected chi connectivity index (χ0v) is 10.4. The Morgan fingerprint density at radius 1 is 1.35 bits per heavy atom. The van der Waals surface area contributed by atoms with Crippen LogP contribution in [0.3, 0.4) is 0 Å². The highest BCUT2D eigenvalue weighted by Gasteiger charge is 2.32. The highest BCUT2D eigenvalue weighted by atomic mass is 16.5. The molecule has 1 aromatic carbocycles. The van der Waals surface area contributed by atoms with Gasteiger partial charge < -0.3 is 9.84 Å². The van der Waals surface area contributed by atoms with Crippen LogP contribution in [0.4, 0.5) is 0 Å². The number of likely N-dealkylation sites (tertiary alicyclic amines) is 1. The number of hydrogen-bond donors (Lipinski definition) is 1. The van der Waals surface area contributed by atoms with Crippen LogP contribution in [0.15, 0.2) is 30.3 Å². The van der Waals surface area contributed by atoms with Gasteiger partial charge in [0.05, 0.1) is 6.61 Å². The largest absolute Gasteiger partial charge is 0.396 e. The fraction of sp³-hybridized carbons (Fsp3) is 0.571. The molecule has 0 amide bonds. The second-order valence-electron chi connectivity index (χ2n) is 4.68. The van der Waals surface area contributed by atoms with Crippen molar-refractivity contribution in [3.63, 3.8) is 0 Å². The van der Waals surface area contributed by atoms with Crippen LogP contribution in [-0.4, -0.2) is 49.5 Å². The van der Waals surface area contributed by atoms with Gasteiger partial charge in [-0.05, 0) is 12.0 Å².